The summed E-state index contributed by atoms with van der Waals surface area (Å²) < 4.78 is 0. The van der Waals surface area contributed by atoms with Crippen molar-refractivity contribution in [3.8, 4) is 5.75 Å². The van der Waals surface area contributed by atoms with E-state index in [9.17, 15) is 20.0 Å². The first-order valence-corrected chi connectivity index (χ1v) is 8.25. The smallest absolute Gasteiger partial charge is 0.269 e. The van der Waals surface area contributed by atoms with E-state index in [2.05, 4.69) is 5.32 Å². The van der Waals surface area contributed by atoms with Crippen molar-refractivity contribution in [1.82, 2.24) is 5.32 Å². The van der Waals surface area contributed by atoms with Crippen molar-refractivity contribution in [1.29, 1.82) is 0 Å². The number of nitro benzene ring substituents is 1. The first-order valence-electron chi connectivity index (χ1n) is 8.25. The van der Waals surface area contributed by atoms with Crippen LogP contribution in [0.25, 0.3) is 10.8 Å². The maximum absolute atomic E-state index is 12.1. The highest BCUT2D eigenvalue weighted by Crippen LogP contribution is 2.36. The zero-order valence-corrected chi connectivity index (χ0v) is 14.2. The van der Waals surface area contributed by atoms with E-state index in [1.165, 1.54) is 12.1 Å². The summed E-state index contributed by atoms with van der Waals surface area (Å²) in [4.78, 5) is 22.8. The van der Waals surface area contributed by atoms with Gasteiger partial charge in [0.2, 0.25) is 5.91 Å². The molecule has 0 bridgehead atoms. The van der Waals surface area contributed by atoms with E-state index >= 15 is 0 Å². The molecule has 3 aromatic carbocycles. The van der Waals surface area contributed by atoms with E-state index in [1.54, 1.807) is 31.2 Å². The third-order valence-corrected chi connectivity index (χ3v) is 4.28. The molecule has 0 aromatic heterocycles. The minimum absolute atomic E-state index is 0.0246. The predicted molar refractivity (Wildman–Crippen MR) is 99.0 cm³/mol. The molecule has 1 atom stereocenters. The van der Waals surface area contributed by atoms with Crippen LogP contribution >= 0.6 is 0 Å². The number of nitro groups is 1. The molecule has 0 unspecified atom stereocenters. The van der Waals surface area contributed by atoms with Gasteiger partial charge >= 0.3 is 0 Å². The lowest BCUT2D eigenvalue weighted by Crippen LogP contribution is -2.28. The summed E-state index contributed by atoms with van der Waals surface area (Å²) in [7, 11) is 0. The number of nitrogens with zero attached hydrogens (tertiary/aromatic N) is 1. The van der Waals surface area contributed by atoms with E-state index in [0.717, 1.165) is 10.8 Å². The molecule has 26 heavy (non-hydrogen) atoms. The Hall–Kier alpha value is -3.41. The fourth-order valence-electron chi connectivity index (χ4n) is 2.99. The van der Waals surface area contributed by atoms with Crippen LogP contribution in [0.5, 0.6) is 5.75 Å². The summed E-state index contributed by atoms with van der Waals surface area (Å²) in [5.41, 5.74) is 0.982. The summed E-state index contributed by atoms with van der Waals surface area (Å²) >= 11 is 0. The van der Waals surface area contributed by atoms with Gasteiger partial charge in [0.15, 0.2) is 0 Å². The largest absolute Gasteiger partial charge is 0.508 e. The Morgan fingerprint density at radius 3 is 2.65 bits per heavy atom. The number of non-ortho nitro benzene ring substituents is 1. The number of aromatic hydroxyl groups is 1. The van der Waals surface area contributed by atoms with Gasteiger partial charge in [0, 0.05) is 24.1 Å². The van der Waals surface area contributed by atoms with E-state index < -0.39 is 11.0 Å². The Kier molecular flexibility index (Phi) is 4.84. The van der Waals surface area contributed by atoms with Crippen molar-refractivity contribution < 1.29 is 14.8 Å². The van der Waals surface area contributed by atoms with Gasteiger partial charge in [-0.2, -0.15) is 0 Å². The Bertz CT molecular complexity index is 984. The molecule has 0 aliphatic carbocycles. The lowest BCUT2D eigenvalue weighted by Gasteiger charge is -2.22. The summed E-state index contributed by atoms with van der Waals surface area (Å²) in [5.74, 6) is -0.189. The minimum atomic E-state index is -0.701. The highest BCUT2D eigenvalue weighted by molar-refractivity contribution is 5.89. The molecule has 0 radical (unpaired) electrons. The third-order valence-electron chi connectivity index (χ3n) is 4.28. The number of benzene rings is 3. The van der Waals surface area contributed by atoms with Crippen LogP contribution in [0.1, 0.15) is 30.5 Å². The van der Waals surface area contributed by atoms with Crippen LogP contribution in [0.3, 0.4) is 0 Å². The zero-order valence-electron chi connectivity index (χ0n) is 14.2. The van der Waals surface area contributed by atoms with Gasteiger partial charge in [-0.1, -0.05) is 49.4 Å². The molecule has 0 saturated heterocycles. The number of amides is 1. The average molecular weight is 350 g/mol. The van der Waals surface area contributed by atoms with Crippen molar-refractivity contribution in [2.75, 3.05) is 0 Å². The fourth-order valence-corrected chi connectivity index (χ4v) is 2.99. The Morgan fingerprint density at radius 1 is 1.15 bits per heavy atom. The lowest BCUT2D eigenvalue weighted by atomic mass is 9.92. The predicted octanol–water partition coefficient (Wildman–Crippen LogP) is 4.07. The van der Waals surface area contributed by atoms with Gasteiger partial charge in [-0.25, -0.2) is 0 Å². The van der Waals surface area contributed by atoms with Gasteiger partial charge in [0.1, 0.15) is 5.75 Å². The molecule has 0 fully saturated rings. The van der Waals surface area contributed by atoms with Crippen LogP contribution in [0.4, 0.5) is 5.69 Å². The fraction of sp³-hybridized carbons (Fsp3) is 0.150. The SMILES string of the molecule is CCC(=O)N[C@H](c1cccc([N+](=O)[O-])c1)c1c(O)ccc2ccccc12. The van der Waals surface area contributed by atoms with Crippen LogP contribution < -0.4 is 5.32 Å². The molecule has 0 saturated carbocycles. The zero-order chi connectivity index (χ0) is 18.7. The molecule has 1 amide bonds. The maximum Gasteiger partial charge on any atom is 0.269 e. The van der Waals surface area contributed by atoms with Crippen LogP contribution in [0, 0.1) is 10.1 Å². The molecule has 0 spiro atoms. The minimum Gasteiger partial charge on any atom is -0.508 e. The molecule has 3 aromatic rings. The molecule has 0 aliphatic rings. The second-order valence-electron chi connectivity index (χ2n) is 5.93. The topological polar surface area (TPSA) is 92.5 Å². The van der Waals surface area contributed by atoms with Gasteiger partial charge in [-0.3, -0.25) is 14.9 Å². The molecule has 0 aliphatic heterocycles. The van der Waals surface area contributed by atoms with Gasteiger partial charge < -0.3 is 10.4 Å². The number of fused-ring (bicyclic) bond motifs is 1. The Morgan fingerprint density at radius 2 is 1.92 bits per heavy atom. The first kappa shape index (κ1) is 17.4. The number of phenols is 1. The van der Waals surface area contributed by atoms with Crippen molar-refractivity contribution in [3.63, 3.8) is 0 Å². The maximum atomic E-state index is 12.1. The quantitative estimate of drug-likeness (QED) is 0.536. The van der Waals surface area contributed by atoms with Crippen LogP contribution in [0.2, 0.25) is 0 Å². The van der Waals surface area contributed by atoms with E-state index in [0.29, 0.717) is 11.1 Å². The van der Waals surface area contributed by atoms with Crippen LogP contribution in [-0.2, 0) is 4.79 Å². The van der Waals surface area contributed by atoms with E-state index in [1.807, 2.05) is 24.3 Å². The summed E-state index contributed by atoms with van der Waals surface area (Å²) in [6.07, 6.45) is 0.261. The van der Waals surface area contributed by atoms with Gasteiger partial charge in [0.25, 0.3) is 5.69 Å². The summed E-state index contributed by atoms with van der Waals surface area (Å²) in [5, 5.41) is 26.2. The van der Waals surface area contributed by atoms with Crippen LogP contribution in [0.15, 0.2) is 60.7 Å². The monoisotopic (exact) mass is 350 g/mol. The average Bonchev–Trinajstić information content (AvgIpc) is 2.66. The first-order chi connectivity index (χ1) is 12.5. The van der Waals surface area contributed by atoms with Crippen molar-refractivity contribution in [2.45, 2.75) is 19.4 Å². The van der Waals surface area contributed by atoms with E-state index in [4.69, 9.17) is 0 Å². The summed E-state index contributed by atoms with van der Waals surface area (Å²) in [6.45, 7) is 1.72. The van der Waals surface area contributed by atoms with Gasteiger partial charge in [-0.05, 0) is 22.4 Å². The highest BCUT2D eigenvalue weighted by atomic mass is 16.6. The third kappa shape index (κ3) is 3.35. The molecule has 3 rings (SSSR count). The number of phenolic OH excluding ortho intramolecular Hbond substituents is 1. The second-order valence-corrected chi connectivity index (χ2v) is 5.93. The Balaban J connectivity index is 2.23. The highest BCUT2D eigenvalue weighted by Gasteiger charge is 2.23. The second kappa shape index (κ2) is 7.23. The lowest BCUT2D eigenvalue weighted by molar-refractivity contribution is -0.384. The number of nitrogens with one attached hydrogen (secondary N) is 1. The normalized spacial score (nSPS) is 11.9. The molecular weight excluding hydrogens is 332 g/mol. The molecule has 2 N–H and O–H groups in total. The number of carbonyl (C=O) groups is 1. The van der Waals surface area contributed by atoms with Crippen molar-refractivity contribution in [2.24, 2.45) is 0 Å². The summed E-state index contributed by atoms with van der Waals surface area (Å²) in [6, 6.07) is 16.2. The number of hydrogen-bond acceptors (Lipinski definition) is 4. The Labute approximate surface area is 150 Å². The molecule has 132 valence electrons. The number of carbonyl (C=O) groups excluding carboxylic acids is 1. The molecule has 6 nitrogen and oxygen atoms in total. The van der Waals surface area contributed by atoms with E-state index in [-0.39, 0.29) is 23.8 Å². The molecule has 6 heteroatoms. The number of hydrogen-bond donors (Lipinski definition) is 2. The standard InChI is InChI=1S/C20H18N2O4/c1-2-18(24)21-20(14-7-5-8-15(12-14)22(25)26)19-16-9-4-3-6-13(16)10-11-17(19)23/h3-12,20,23H,2H2,1H3,(H,21,24)/t20-/m1/s1. The number of rotatable bonds is 5. The van der Waals surface area contributed by atoms with Crippen molar-refractivity contribution in [3.05, 3.63) is 81.9 Å². The molecule has 0 heterocycles. The van der Waals surface area contributed by atoms with Crippen molar-refractivity contribution >= 4 is 22.4 Å². The van der Waals surface area contributed by atoms with Gasteiger partial charge in [0.05, 0.1) is 11.0 Å². The molecular formula is C20H18N2O4. The van der Waals surface area contributed by atoms with Crippen LogP contribution in [-0.4, -0.2) is 15.9 Å². The van der Waals surface area contributed by atoms with Gasteiger partial charge in [-0.15, -0.1) is 0 Å².